The van der Waals surface area contributed by atoms with E-state index in [0.29, 0.717) is 11.3 Å². The molecule has 0 saturated heterocycles. The summed E-state index contributed by atoms with van der Waals surface area (Å²) in [5.41, 5.74) is 6.35. The quantitative estimate of drug-likeness (QED) is 0.851. The summed E-state index contributed by atoms with van der Waals surface area (Å²) in [7, 11) is 0. The average Bonchev–Trinajstić information content (AvgIpc) is 2.81. The van der Waals surface area contributed by atoms with E-state index >= 15 is 0 Å². The number of benzene rings is 1. The molecule has 0 unspecified atom stereocenters. The maximum Gasteiger partial charge on any atom is 0.276 e. The largest absolute Gasteiger partial charge is 0.484 e. The minimum atomic E-state index is -0.417. The van der Waals surface area contributed by atoms with Gasteiger partial charge < -0.3 is 4.74 Å². The first-order valence-electron chi connectivity index (χ1n) is 6.81. The van der Waals surface area contributed by atoms with Crippen LogP contribution in [0.1, 0.15) is 25.7 Å². The molecule has 0 aliphatic heterocycles. The van der Waals surface area contributed by atoms with Crippen molar-refractivity contribution < 1.29 is 14.3 Å². The highest BCUT2D eigenvalue weighted by Crippen LogP contribution is 2.20. The molecule has 2 aromatic rings. The van der Waals surface area contributed by atoms with Gasteiger partial charge in [0.1, 0.15) is 5.75 Å². The van der Waals surface area contributed by atoms with E-state index in [-0.39, 0.29) is 12.5 Å². The minimum Gasteiger partial charge on any atom is -0.484 e. The topological polar surface area (TPSA) is 67.4 Å². The van der Waals surface area contributed by atoms with Gasteiger partial charge in [-0.05, 0) is 44.5 Å². The Hall–Kier alpha value is -2.34. The smallest absolute Gasteiger partial charge is 0.276 e. The van der Waals surface area contributed by atoms with E-state index in [1.807, 2.05) is 39.0 Å². The number of thiophene rings is 1. The highest BCUT2D eigenvalue weighted by Gasteiger charge is 2.12. The van der Waals surface area contributed by atoms with E-state index in [1.165, 1.54) is 0 Å². The third kappa shape index (κ3) is 4.33. The summed E-state index contributed by atoms with van der Waals surface area (Å²) in [5, 5.41) is 0. The SMILES string of the molecule is Cc1cccc(OCC(=O)NNC(=O)c2cc(C)sc2C)c1. The van der Waals surface area contributed by atoms with Crippen LogP contribution in [0.2, 0.25) is 0 Å². The summed E-state index contributed by atoms with van der Waals surface area (Å²) in [4.78, 5) is 25.6. The van der Waals surface area contributed by atoms with Gasteiger partial charge in [-0.1, -0.05) is 12.1 Å². The molecule has 1 aromatic carbocycles. The lowest BCUT2D eigenvalue weighted by molar-refractivity contribution is -0.123. The van der Waals surface area contributed by atoms with Gasteiger partial charge in [-0.15, -0.1) is 11.3 Å². The van der Waals surface area contributed by atoms with Gasteiger partial charge in [-0.2, -0.15) is 0 Å². The number of nitrogens with one attached hydrogen (secondary N) is 2. The molecular weight excluding hydrogens is 300 g/mol. The van der Waals surface area contributed by atoms with E-state index in [2.05, 4.69) is 10.9 Å². The number of hydrazine groups is 1. The molecule has 0 saturated carbocycles. The van der Waals surface area contributed by atoms with Gasteiger partial charge in [0.15, 0.2) is 6.61 Å². The first kappa shape index (κ1) is 16.0. The van der Waals surface area contributed by atoms with Gasteiger partial charge in [0.05, 0.1) is 5.56 Å². The molecule has 2 amide bonds. The summed E-state index contributed by atoms with van der Waals surface area (Å²) in [5.74, 6) is -0.129. The molecule has 0 aliphatic carbocycles. The number of aryl methyl sites for hydroxylation is 3. The molecule has 1 aromatic heterocycles. The third-order valence-corrected chi connectivity index (χ3v) is 3.93. The minimum absolute atomic E-state index is 0.161. The van der Waals surface area contributed by atoms with Gasteiger partial charge in [0, 0.05) is 9.75 Å². The fourth-order valence-electron chi connectivity index (χ4n) is 1.94. The highest BCUT2D eigenvalue weighted by molar-refractivity contribution is 7.12. The number of carbonyl (C=O) groups is 2. The van der Waals surface area contributed by atoms with Crippen LogP contribution in [-0.2, 0) is 4.79 Å². The average molecular weight is 318 g/mol. The summed E-state index contributed by atoms with van der Waals surface area (Å²) >= 11 is 1.54. The Morgan fingerprint density at radius 1 is 1.14 bits per heavy atom. The first-order chi connectivity index (χ1) is 10.5. The van der Waals surface area contributed by atoms with Crippen molar-refractivity contribution in [1.29, 1.82) is 0 Å². The Labute approximate surface area is 133 Å². The second kappa shape index (κ2) is 7.09. The fraction of sp³-hybridized carbons (Fsp3) is 0.250. The molecule has 116 valence electrons. The van der Waals surface area contributed by atoms with Crippen molar-refractivity contribution in [3.05, 3.63) is 51.2 Å². The summed E-state index contributed by atoms with van der Waals surface area (Å²) in [6.07, 6.45) is 0. The van der Waals surface area contributed by atoms with E-state index in [9.17, 15) is 9.59 Å². The normalized spacial score (nSPS) is 10.1. The van der Waals surface area contributed by atoms with Crippen LogP contribution in [-0.4, -0.2) is 18.4 Å². The zero-order valence-electron chi connectivity index (χ0n) is 12.7. The first-order valence-corrected chi connectivity index (χ1v) is 7.63. The van der Waals surface area contributed by atoms with Crippen molar-refractivity contribution in [2.75, 3.05) is 6.61 Å². The van der Waals surface area contributed by atoms with Gasteiger partial charge in [0.25, 0.3) is 11.8 Å². The van der Waals surface area contributed by atoms with Crippen LogP contribution < -0.4 is 15.6 Å². The third-order valence-electron chi connectivity index (χ3n) is 2.96. The molecule has 0 atom stereocenters. The predicted octanol–water partition coefficient (Wildman–Crippen LogP) is 2.51. The second-order valence-corrected chi connectivity index (χ2v) is 6.39. The number of amides is 2. The van der Waals surface area contributed by atoms with E-state index in [1.54, 1.807) is 23.5 Å². The molecule has 6 heteroatoms. The Bertz CT molecular complexity index is 694. The lowest BCUT2D eigenvalue weighted by Gasteiger charge is -2.09. The van der Waals surface area contributed by atoms with Crippen molar-refractivity contribution in [2.24, 2.45) is 0 Å². The molecule has 0 bridgehead atoms. The Morgan fingerprint density at radius 2 is 1.91 bits per heavy atom. The number of hydrogen-bond donors (Lipinski definition) is 2. The van der Waals surface area contributed by atoms with Crippen molar-refractivity contribution >= 4 is 23.2 Å². The lowest BCUT2D eigenvalue weighted by Crippen LogP contribution is -2.43. The number of hydrogen-bond acceptors (Lipinski definition) is 4. The fourth-order valence-corrected chi connectivity index (χ4v) is 2.86. The van der Waals surface area contributed by atoms with Crippen LogP contribution in [0.25, 0.3) is 0 Å². The molecule has 0 radical (unpaired) electrons. The van der Waals surface area contributed by atoms with Crippen molar-refractivity contribution in [2.45, 2.75) is 20.8 Å². The molecule has 22 heavy (non-hydrogen) atoms. The van der Waals surface area contributed by atoms with Crippen molar-refractivity contribution in [3.8, 4) is 5.75 Å². The van der Waals surface area contributed by atoms with Crippen LogP contribution in [0.4, 0.5) is 0 Å². The highest BCUT2D eigenvalue weighted by atomic mass is 32.1. The van der Waals surface area contributed by atoms with Gasteiger partial charge in [0.2, 0.25) is 0 Å². The van der Waals surface area contributed by atoms with Crippen LogP contribution in [0.15, 0.2) is 30.3 Å². The van der Waals surface area contributed by atoms with E-state index in [4.69, 9.17) is 4.74 Å². The Balaban J connectivity index is 1.80. The van der Waals surface area contributed by atoms with Crippen LogP contribution in [0.3, 0.4) is 0 Å². The molecule has 5 nitrogen and oxygen atoms in total. The molecule has 0 fully saturated rings. The second-order valence-electron chi connectivity index (χ2n) is 4.93. The molecule has 0 spiro atoms. The number of ether oxygens (including phenoxy) is 1. The summed E-state index contributed by atoms with van der Waals surface area (Å²) in [6.45, 7) is 5.58. The van der Waals surface area contributed by atoms with E-state index < -0.39 is 5.91 Å². The predicted molar refractivity (Wildman–Crippen MR) is 86.1 cm³/mol. The summed E-state index contributed by atoms with van der Waals surface area (Å²) < 4.78 is 5.35. The van der Waals surface area contributed by atoms with Crippen molar-refractivity contribution in [3.63, 3.8) is 0 Å². The Morgan fingerprint density at radius 3 is 2.55 bits per heavy atom. The van der Waals surface area contributed by atoms with Crippen LogP contribution >= 0.6 is 11.3 Å². The zero-order chi connectivity index (χ0) is 16.1. The maximum atomic E-state index is 11.9. The molecule has 2 N–H and O–H groups in total. The molecule has 2 rings (SSSR count). The number of carbonyl (C=O) groups excluding carboxylic acids is 2. The Kier molecular flexibility index (Phi) is 5.16. The van der Waals surface area contributed by atoms with Crippen LogP contribution in [0.5, 0.6) is 5.75 Å². The van der Waals surface area contributed by atoms with Crippen LogP contribution in [0, 0.1) is 20.8 Å². The number of rotatable bonds is 4. The van der Waals surface area contributed by atoms with Gasteiger partial charge in [-0.3, -0.25) is 20.4 Å². The maximum absolute atomic E-state index is 11.9. The van der Waals surface area contributed by atoms with Gasteiger partial charge in [-0.25, -0.2) is 0 Å². The standard InChI is InChI=1S/C16H18N2O3S/c1-10-5-4-6-13(7-10)21-9-15(19)17-18-16(20)14-8-11(2)22-12(14)3/h4-8H,9H2,1-3H3,(H,17,19)(H,18,20). The van der Waals surface area contributed by atoms with E-state index in [0.717, 1.165) is 15.3 Å². The van der Waals surface area contributed by atoms with Crippen molar-refractivity contribution in [1.82, 2.24) is 10.9 Å². The zero-order valence-corrected chi connectivity index (χ0v) is 13.5. The molecule has 0 aliphatic rings. The lowest BCUT2D eigenvalue weighted by atomic mass is 10.2. The van der Waals surface area contributed by atoms with Gasteiger partial charge >= 0.3 is 0 Å². The summed E-state index contributed by atoms with van der Waals surface area (Å²) in [6, 6.07) is 9.20. The molecular formula is C16H18N2O3S. The molecule has 1 heterocycles. The monoisotopic (exact) mass is 318 g/mol.